The van der Waals surface area contributed by atoms with Crippen molar-refractivity contribution in [2.75, 3.05) is 18.2 Å². The van der Waals surface area contributed by atoms with Crippen molar-refractivity contribution in [2.24, 2.45) is 0 Å². The Kier molecular flexibility index (Phi) is 7.29. The SMILES string of the molecule is CCOc1cccc(Oc2nnc(C(F)(F)F)c(C)c2C(=O)Nc2cccc(S(C)(=N)=O)c2)c1F. The van der Waals surface area contributed by atoms with Gasteiger partial charge in [-0.1, -0.05) is 12.1 Å². The van der Waals surface area contributed by atoms with Crippen LogP contribution < -0.4 is 14.8 Å². The van der Waals surface area contributed by atoms with Gasteiger partial charge in [-0.2, -0.15) is 17.6 Å². The highest BCUT2D eigenvalue weighted by Gasteiger charge is 2.38. The molecule has 13 heteroatoms. The Hall–Kier alpha value is -3.74. The summed E-state index contributed by atoms with van der Waals surface area (Å²) in [4.78, 5) is 13.2. The molecular weight excluding hydrogens is 492 g/mol. The minimum absolute atomic E-state index is 0.0644. The van der Waals surface area contributed by atoms with E-state index in [1.807, 2.05) is 0 Å². The van der Waals surface area contributed by atoms with Crippen molar-refractivity contribution in [1.29, 1.82) is 4.78 Å². The van der Waals surface area contributed by atoms with Crippen LogP contribution in [0, 0.1) is 17.5 Å². The molecule has 0 fully saturated rings. The average molecular weight is 512 g/mol. The zero-order valence-electron chi connectivity index (χ0n) is 18.7. The van der Waals surface area contributed by atoms with Gasteiger partial charge in [0.1, 0.15) is 5.56 Å². The molecule has 0 aliphatic heterocycles. The lowest BCUT2D eigenvalue weighted by Gasteiger charge is -2.17. The monoisotopic (exact) mass is 512 g/mol. The van der Waals surface area contributed by atoms with Crippen molar-refractivity contribution in [3.05, 3.63) is 65.1 Å². The first-order chi connectivity index (χ1) is 16.3. The fourth-order valence-corrected chi connectivity index (χ4v) is 3.75. The van der Waals surface area contributed by atoms with Gasteiger partial charge in [0.05, 0.1) is 16.3 Å². The molecule has 0 aliphatic carbocycles. The summed E-state index contributed by atoms with van der Waals surface area (Å²) in [6.07, 6.45) is -3.75. The van der Waals surface area contributed by atoms with Crippen LogP contribution in [0.4, 0.5) is 23.2 Å². The van der Waals surface area contributed by atoms with Crippen LogP contribution in [-0.2, 0) is 15.9 Å². The Labute approximate surface area is 198 Å². The molecule has 2 aromatic carbocycles. The average Bonchev–Trinajstić information content (AvgIpc) is 2.75. The molecule has 0 aliphatic rings. The molecule has 0 saturated heterocycles. The molecule has 1 aromatic heterocycles. The standard InChI is InChI=1S/C22H20F4N4O4S/c1-4-33-15-9-6-10-16(18(15)23)34-21-17(12(2)19(29-30-21)22(24,25)26)20(31)28-13-7-5-8-14(11-13)35(3,27)32/h5-11,27H,4H2,1-3H3,(H,28,31). The van der Waals surface area contributed by atoms with E-state index in [1.54, 1.807) is 6.92 Å². The fourth-order valence-electron chi connectivity index (χ4n) is 3.06. The fraction of sp³-hybridized carbons (Fsp3) is 0.227. The number of aromatic nitrogens is 2. The maximum Gasteiger partial charge on any atom is 0.435 e. The molecule has 0 bridgehead atoms. The summed E-state index contributed by atoms with van der Waals surface area (Å²) in [6, 6.07) is 9.39. The lowest BCUT2D eigenvalue weighted by atomic mass is 10.1. The van der Waals surface area contributed by atoms with Gasteiger partial charge < -0.3 is 14.8 Å². The number of nitrogens with one attached hydrogen (secondary N) is 2. The number of hydrogen-bond donors (Lipinski definition) is 2. The molecule has 3 aromatic rings. The normalized spacial score (nSPS) is 13.1. The second kappa shape index (κ2) is 9.86. The number of alkyl halides is 3. The topological polar surface area (TPSA) is 114 Å². The van der Waals surface area contributed by atoms with Crippen LogP contribution in [0.1, 0.15) is 28.5 Å². The van der Waals surface area contributed by atoms with Gasteiger partial charge in [0.15, 0.2) is 17.2 Å². The number of nitrogens with zero attached hydrogens (tertiary/aromatic N) is 2. The lowest BCUT2D eigenvalue weighted by molar-refractivity contribution is -0.142. The van der Waals surface area contributed by atoms with Gasteiger partial charge in [0, 0.05) is 16.8 Å². The Balaban J connectivity index is 2.08. The number of anilines is 1. The molecule has 35 heavy (non-hydrogen) atoms. The van der Waals surface area contributed by atoms with Gasteiger partial charge in [0.2, 0.25) is 5.82 Å². The molecular formula is C22H20F4N4O4S. The largest absolute Gasteiger partial charge is 0.491 e. The van der Waals surface area contributed by atoms with Crippen molar-refractivity contribution in [3.63, 3.8) is 0 Å². The molecule has 1 heterocycles. The molecule has 8 nitrogen and oxygen atoms in total. The maximum atomic E-state index is 14.7. The van der Waals surface area contributed by atoms with E-state index < -0.39 is 56.1 Å². The second-order valence-electron chi connectivity index (χ2n) is 7.28. The Morgan fingerprint density at radius 2 is 1.80 bits per heavy atom. The van der Waals surface area contributed by atoms with Gasteiger partial charge >= 0.3 is 6.18 Å². The number of ether oxygens (including phenoxy) is 2. The van der Waals surface area contributed by atoms with Crippen LogP contribution >= 0.6 is 0 Å². The highest BCUT2D eigenvalue weighted by molar-refractivity contribution is 7.91. The summed E-state index contributed by atoms with van der Waals surface area (Å²) < 4.78 is 85.3. The van der Waals surface area contributed by atoms with Crippen molar-refractivity contribution in [1.82, 2.24) is 10.2 Å². The summed E-state index contributed by atoms with van der Waals surface area (Å²) in [5.41, 5.74) is -2.59. The number of halogens is 4. The van der Waals surface area contributed by atoms with E-state index in [4.69, 9.17) is 14.3 Å². The van der Waals surface area contributed by atoms with E-state index in [0.717, 1.165) is 6.92 Å². The third-order valence-electron chi connectivity index (χ3n) is 4.66. The molecule has 0 radical (unpaired) electrons. The molecule has 1 unspecified atom stereocenters. The van der Waals surface area contributed by atoms with Crippen LogP contribution in [0.2, 0.25) is 0 Å². The molecule has 1 atom stereocenters. The van der Waals surface area contributed by atoms with E-state index in [1.165, 1.54) is 48.7 Å². The third kappa shape index (κ3) is 5.85. The number of carbonyl (C=O) groups excluding carboxylic acids is 1. The first kappa shape index (κ1) is 25.9. The number of amides is 1. The van der Waals surface area contributed by atoms with Crippen LogP contribution in [-0.4, -0.2) is 33.2 Å². The van der Waals surface area contributed by atoms with E-state index in [0.29, 0.717) is 0 Å². The number of hydrogen-bond acceptors (Lipinski definition) is 7. The van der Waals surface area contributed by atoms with Crippen LogP contribution in [0.5, 0.6) is 17.4 Å². The van der Waals surface area contributed by atoms with Crippen molar-refractivity contribution in [3.8, 4) is 17.4 Å². The maximum absolute atomic E-state index is 14.7. The van der Waals surface area contributed by atoms with Gasteiger partial charge in [-0.15, -0.1) is 10.2 Å². The second-order valence-corrected chi connectivity index (χ2v) is 9.44. The van der Waals surface area contributed by atoms with Crippen molar-refractivity contribution < 1.29 is 36.0 Å². The Bertz CT molecular complexity index is 1380. The van der Waals surface area contributed by atoms with Gasteiger partial charge in [0.25, 0.3) is 11.8 Å². The van der Waals surface area contributed by atoms with E-state index in [2.05, 4.69) is 15.5 Å². The molecule has 0 spiro atoms. The summed E-state index contributed by atoms with van der Waals surface area (Å²) in [5, 5.41) is 8.92. The summed E-state index contributed by atoms with van der Waals surface area (Å²) >= 11 is 0. The van der Waals surface area contributed by atoms with Crippen molar-refractivity contribution >= 4 is 21.3 Å². The molecule has 2 N–H and O–H groups in total. The van der Waals surface area contributed by atoms with Gasteiger partial charge in [-0.25, -0.2) is 8.99 Å². The number of rotatable bonds is 7. The summed E-state index contributed by atoms with van der Waals surface area (Å²) in [6.45, 7) is 2.78. The Morgan fingerprint density at radius 3 is 2.43 bits per heavy atom. The first-order valence-corrected chi connectivity index (χ1v) is 12.0. The van der Waals surface area contributed by atoms with E-state index >= 15 is 0 Å². The highest BCUT2D eigenvalue weighted by atomic mass is 32.2. The smallest absolute Gasteiger partial charge is 0.435 e. The zero-order valence-corrected chi connectivity index (χ0v) is 19.5. The summed E-state index contributed by atoms with van der Waals surface area (Å²) in [7, 11) is -3.12. The van der Waals surface area contributed by atoms with Gasteiger partial charge in [-0.3, -0.25) is 4.79 Å². The molecule has 1 amide bonds. The van der Waals surface area contributed by atoms with Crippen LogP contribution in [0.25, 0.3) is 0 Å². The predicted molar refractivity (Wildman–Crippen MR) is 119 cm³/mol. The number of carbonyl (C=O) groups is 1. The lowest BCUT2D eigenvalue weighted by Crippen LogP contribution is -2.21. The summed E-state index contributed by atoms with van der Waals surface area (Å²) in [5.74, 6) is -3.29. The van der Waals surface area contributed by atoms with Crippen molar-refractivity contribution in [2.45, 2.75) is 24.9 Å². The molecule has 3 rings (SSSR count). The highest BCUT2D eigenvalue weighted by Crippen LogP contribution is 2.36. The number of benzene rings is 2. The van der Waals surface area contributed by atoms with Gasteiger partial charge in [-0.05, 0) is 49.7 Å². The predicted octanol–water partition coefficient (Wildman–Crippen LogP) is 5.42. The zero-order chi connectivity index (χ0) is 26.0. The molecule has 186 valence electrons. The minimum atomic E-state index is -4.93. The molecule has 0 saturated carbocycles. The third-order valence-corrected chi connectivity index (χ3v) is 5.81. The van der Waals surface area contributed by atoms with E-state index in [9.17, 15) is 26.6 Å². The van der Waals surface area contributed by atoms with Crippen LogP contribution in [0.3, 0.4) is 0 Å². The Morgan fingerprint density at radius 1 is 1.14 bits per heavy atom. The van der Waals surface area contributed by atoms with E-state index in [-0.39, 0.29) is 22.9 Å². The quantitative estimate of drug-likeness (QED) is 0.409. The first-order valence-electron chi connectivity index (χ1n) is 10.0. The minimum Gasteiger partial charge on any atom is -0.491 e. The van der Waals surface area contributed by atoms with Crippen LogP contribution in [0.15, 0.2) is 47.4 Å².